The highest BCUT2D eigenvalue weighted by atomic mass is 16.5. The number of benzene rings is 1. The number of methoxy groups -OCH3 is 1. The Morgan fingerprint density at radius 2 is 2.22 bits per heavy atom. The second-order valence-electron chi connectivity index (χ2n) is 8.68. The van der Waals surface area contributed by atoms with E-state index in [9.17, 15) is 9.90 Å². The van der Waals surface area contributed by atoms with Crippen molar-refractivity contribution in [2.24, 2.45) is 17.8 Å². The minimum atomic E-state index is -0.775. The molecule has 4 rings (SSSR count). The van der Waals surface area contributed by atoms with Crippen molar-refractivity contribution in [2.75, 3.05) is 26.8 Å². The van der Waals surface area contributed by atoms with Gasteiger partial charge in [-0.15, -0.1) is 11.4 Å². The molecule has 1 aromatic carbocycles. The monoisotopic (exact) mass is 435 g/mol. The van der Waals surface area contributed by atoms with Crippen molar-refractivity contribution in [3.63, 3.8) is 0 Å². The van der Waals surface area contributed by atoms with E-state index in [1.807, 2.05) is 18.2 Å². The number of fused-ring (bicyclic) bond motifs is 4. The molecule has 0 saturated heterocycles. The number of para-hydroxylation sites is 1. The fourth-order valence-electron chi connectivity index (χ4n) is 5.51. The average Bonchev–Trinajstić information content (AvgIpc) is 3.18. The molecule has 0 spiro atoms. The maximum atomic E-state index is 12.7. The van der Waals surface area contributed by atoms with Gasteiger partial charge in [-0.25, -0.2) is 0 Å². The van der Waals surface area contributed by atoms with Crippen LogP contribution in [0.3, 0.4) is 0 Å². The Hall–Kier alpha value is -3.00. The molecular weight excluding hydrogens is 406 g/mol. The van der Waals surface area contributed by atoms with Crippen molar-refractivity contribution in [3.05, 3.63) is 47.0 Å². The van der Waals surface area contributed by atoms with Gasteiger partial charge in [-0.2, -0.15) is 11.5 Å². The van der Waals surface area contributed by atoms with Crippen LogP contribution in [-0.2, 0) is 20.7 Å². The number of H-pyrrole nitrogens is 1. The van der Waals surface area contributed by atoms with Crippen LogP contribution < -0.4 is 0 Å². The molecule has 1 saturated carbocycles. The first-order valence-corrected chi connectivity index (χ1v) is 11.1. The smallest absolute Gasteiger partial charge is 0.311 e. The second-order valence-corrected chi connectivity index (χ2v) is 8.68. The number of esters is 1. The maximum absolute atomic E-state index is 12.7. The van der Waals surface area contributed by atoms with Gasteiger partial charge in [0.15, 0.2) is 0 Å². The molecule has 2 aromatic rings. The molecule has 2 aliphatic rings. The van der Waals surface area contributed by atoms with Gasteiger partial charge in [0.05, 0.1) is 38.3 Å². The molecule has 168 valence electrons. The quantitative estimate of drug-likeness (QED) is 0.440. The van der Waals surface area contributed by atoms with Crippen LogP contribution >= 0.6 is 0 Å². The number of hydrogen-bond donors (Lipinski definition) is 2. The average molecular weight is 436 g/mol. The van der Waals surface area contributed by atoms with Crippen molar-refractivity contribution >= 4 is 16.9 Å². The Balaban J connectivity index is 1.82. The predicted octanol–water partition coefficient (Wildman–Crippen LogP) is 3.12. The molecule has 2 heterocycles. The molecule has 0 amide bonds. The van der Waals surface area contributed by atoms with Crippen LogP contribution in [0.4, 0.5) is 0 Å². The zero-order chi connectivity index (χ0) is 22.7. The lowest BCUT2D eigenvalue weighted by molar-refractivity contribution is -0.158. The summed E-state index contributed by atoms with van der Waals surface area (Å²) >= 11 is 0. The van der Waals surface area contributed by atoms with E-state index in [0.29, 0.717) is 32.4 Å². The lowest BCUT2D eigenvalue weighted by Gasteiger charge is -2.41. The SMILES string of the molecule is [C-]#[N+]N1CCc2c([nH]c3ccccc23)[C@H](OCC#C)C[C@H]2[C@@H](CC[C@H](O)[C@@H]2C(=O)OC)C1. The predicted molar refractivity (Wildman–Crippen MR) is 120 cm³/mol. The Morgan fingerprint density at radius 3 is 2.97 bits per heavy atom. The van der Waals surface area contributed by atoms with Gasteiger partial charge >= 0.3 is 5.97 Å². The number of terminal acetylenes is 1. The van der Waals surface area contributed by atoms with Gasteiger partial charge in [0.1, 0.15) is 6.61 Å². The number of ether oxygens (including phenoxy) is 2. The van der Waals surface area contributed by atoms with Crippen LogP contribution in [0.2, 0.25) is 0 Å². The van der Waals surface area contributed by atoms with E-state index in [1.54, 1.807) is 5.01 Å². The summed E-state index contributed by atoms with van der Waals surface area (Å²) < 4.78 is 11.2. The van der Waals surface area contributed by atoms with E-state index in [4.69, 9.17) is 22.5 Å². The largest absolute Gasteiger partial charge is 0.469 e. The summed E-state index contributed by atoms with van der Waals surface area (Å²) in [4.78, 5) is 20.0. The third kappa shape index (κ3) is 4.19. The van der Waals surface area contributed by atoms with Gasteiger partial charge in [-0.1, -0.05) is 24.1 Å². The van der Waals surface area contributed by atoms with Gasteiger partial charge in [0.2, 0.25) is 0 Å². The van der Waals surface area contributed by atoms with Crippen LogP contribution in [0.1, 0.15) is 36.6 Å². The Morgan fingerprint density at radius 1 is 1.41 bits per heavy atom. The normalized spacial score (nSPS) is 28.1. The van der Waals surface area contributed by atoms with Crippen LogP contribution in [0.15, 0.2) is 24.3 Å². The number of aromatic amines is 1. The zero-order valence-electron chi connectivity index (χ0n) is 18.3. The van der Waals surface area contributed by atoms with E-state index in [2.05, 4.69) is 21.9 Å². The number of aliphatic hydroxyl groups is 1. The molecule has 32 heavy (non-hydrogen) atoms. The van der Waals surface area contributed by atoms with Crippen molar-refractivity contribution in [1.29, 1.82) is 0 Å². The summed E-state index contributed by atoms with van der Waals surface area (Å²) in [6.45, 7) is 8.98. The number of carbonyl (C=O) groups excluding carboxylic acids is 1. The number of aromatic nitrogens is 1. The highest BCUT2D eigenvalue weighted by molar-refractivity contribution is 5.84. The van der Waals surface area contributed by atoms with E-state index in [-0.39, 0.29) is 24.5 Å². The third-order valence-electron chi connectivity index (χ3n) is 7.02. The maximum Gasteiger partial charge on any atom is 0.311 e. The van der Waals surface area contributed by atoms with Crippen LogP contribution in [0, 0.1) is 36.7 Å². The summed E-state index contributed by atoms with van der Waals surface area (Å²) in [7, 11) is 1.35. The molecule has 0 radical (unpaired) electrons. The highest BCUT2D eigenvalue weighted by Crippen LogP contribution is 2.44. The molecule has 0 unspecified atom stereocenters. The molecule has 2 N–H and O–H groups in total. The highest BCUT2D eigenvalue weighted by Gasteiger charge is 2.46. The van der Waals surface area contributed by atoms with Crippen LogP contribution in [0.5, 0.6) is 0 Å². The van der Waals surface area contributed by atoms with Gasteiger partial charge in [0, 0.05) is 16.6 Å². The van der Waals surface area contributed by atoms with Gasteiger partial charge in [-0.3, -0.25) is 4.79 Å². The first-order chi connectivity index (χ1) is 15.6. The second kappa shape index (κ2) is 9.65. The summed E-state index contributed by atoms with van der Waals surface area (Å²) in [5, 5.41) is 13.6. The molecule has 0 bridgehead atoms. The lowest BCUT2D eigenvalue weighted by atomic mass is 9.67. The Bertz CT molecular complexity index is 1050. The molecule has 5 atom stereocenters. The Labute approximate surface area is 188 Å². The van der Waals surface area contributed by atoms with Gasteiger partial charge in [-0.05, 0) is 49.1 Å². The fraction of sp³-hybridized carbons (Fsp3) is 0.520. The lowest BCUT2D eigenvalue weighted by Crippen LogP contribution is -2.47. The molecule has 7 nitrogen and oxygen atoms in total. The van der Waals surface area contributed by atoms with E-state index in [1.165, 1.54) is 7.11 Å². The summed E-state index contributed by atoms with van der Waals surface area (Å²) in [6.07, 6.45) is 6.86. The van der Waals surface area contributed by atoms with E-state index < -0.39 is 18.0 Å². The third-order valence-corrected chi connectivity index (χ3v) is 7.02. The van der Waals surface area contributed by atoms with E-state index >= 15 is 0 Å². The van der Waals surface area contributed by atoms with Crippen LogP contribution in [0.25, 0.3) is 15.9 Å². The summed E-state index contributed by atoms with van der Waals surface area (Å²) in [5.41, 5.74) is 3.06. The molecule has 1 aromatic heterocycles. The topological polar surface area (TPSA) is 79.2 Å². The minimum absolute atomic E-state index is 0.0689. The summed E-state index contributed by atoms with van der Waals surface area (Å²) in [6, 6.07) is 8.08. The molecule has 1 aliphatic carbocycles. The summed E-state index contributed by atoms with van der Waals surface area (Å²) in [5.74, 6) is 1.36. The van der Waals surface area contributed by atoms with Gasteiger partial charge < -0.3 is 19.6 Å². The van der Waals surface area contributed by atoms with Crippen LogP contribution in [-0.4, -0.2) is 54.0 Å². The van der Waals surface area contributed by atoms with Crippen molar-refractivity contribution in [2.45, 2.75) is 37.9 Å². The standard InChI is InChI=1S/C25H29N3O4/c1-4-13-32-22-14-19-16(9-10-21(29)23(19)25(30)31-3)15-28(26-2)12-11-18-17-7-5-6-8-20(17)27-24(18)22/h1,5-8,16,19,21-23,27,29H,9-15H2,3H3/t16-,19-,21-,22+,23+/m0/s1. The number of rotatable bonds is 3. The minimum Gasteiger partial charge on any atom is -0.469 e. The number of hydrogen-bond acceptors (Lipinski definition) is 5. The van der Waals surface area contributed by atoms with Crippen molar-refractivity contribution < 1.29 is 19.4 Å². The van der Waals surface area contributed by atoms with Crippen molar-refractivity contribution in [3.8, 4) is 12.3 Å². The Kier molecular flexibility index (Phi) is 6.69. The molecule has 7 heteroatoms. The molecule has 1 fully saturated rings. The number of nitrogens with zero attached hydrogens (tertiary/aromatic N) is 2. The number of aliphatic hydroxyl groups excluding tert-OH is 1. The molecular formula is C25H29N3O4. The number of nitrogens with one attached hydrogen (secondary N) is 1. The van der Waals surface area contributed by atoms with Gasteiger partial charge in [0.25, 0.3) is 0 Å². The fourth-order valence-corrected chi connectivity index (χ4v) is 5.51. The molecule has 1 aliphatic heterocycles. The van der Waals surface area contributed by atoms with E-state index in [0.717, 1.165) is 28.6 Å². The zero-order valence-corrected chi connectivity index (χ0v) is 18.3. The van der Waals surface area contributed by atoms with Crippen molar-refractivity contribution in [1.82, 2.24) is 9.99 Å². The first-order valence-electron chi connectivity index (χ1n) is 11.1. The first kappa shape index (κ1) is 22.2. The number of carbonyl (C=O) groups is 1.